The molecule has 104 valence electrons. The maximum atomic E-state index is 5.41. The third-order valence-electron chi connectivity index (χ3n) is 2.41. The Hall–Kier alpha value is -0.980. The Morgan fingerprint density at radius 3 is 2.89 bits per heavy atom. The van der Waals surface area contributed by atoms with E-state index >= 15 is 0 Å². The molecular weight excluding hydrogens is 232 g/mol. The van der Waals surface area contributed by atoms with Crippen LogP contribution in [0, 0.1) is 5.92 Å². The number of ether oxygens (including phenoxy) is 2. The molecule has 1 aromatic rings. The zero-order chi connectivity index (χ0) is 13.2. The number of nitrogens with zero attached hydrogens (tertiary/aromatic N) is 3. The molecule has 1 heterocycles. The van der Waals surface area contributed by atoms with E-state index in [1.54, 1.807) is 13.4 Å². The summed E-state index contributed by atoms with van der Waals surface area (Å²) >= 11 is 0. The molecule has 0 saturated carbocycles. The molecule has 0 bridgehead atoms. The van der Waals surface area contributed by atoms with Crippen molar-refractivity contribution >= 4 is 0 Å². The molecule has 0 atom stereocenters. The zero-order valence-electron chi connectivity index (χ0n) is 11.6. The predicted octanol–water partition coefficient (Wildman–Crippen LogP) is 0.687. The first kappa shape index (κ1) is 15.1. The monoisotopic (exact) mass is 256 g/mol. The molecule has 1 aromatic heterocycles. The first-order valence-electron chi connectivity index (χ1n) is 6.38. The summed E-state index contributed by atoms with van der Waals surface area (Å²) in [7, 11) is 1.67. The van der Waals surface area contributed by atoms with Crippen molar-refractivity contribution < 1.29 is 9.47 Å². The molecule has 0 unspecified atom stereocenters. The van der Waals surface area contributed by atoms with E-state index in [2.05, 4.69) is 29.2 Å². The average molecular weight is 256 g/mol. The van der Waals surface area contributed by atoms with Gasteiger partial charge in [0, 0.05) is 7.11 Å². The molecule has 6 nitrogen and oxygen atoms in total. The van der Waals surface area contributed by atoms with Crippen molar-refractivity contribution in [2.45, 2.75) is 26.9 Å². The van der Waals surface area contributed by atoms with Gasteiger partial charge in [-0.05, 0) is 12.5 Å². The van der Waals surface area contributed by atoms with E-state index in [-0.39, 0.29) is 0 Å². The number of aromatic nitrogens is 3. The minimum Gasteiger partial charge on any atom is -0.382 e. The third-order valence-corrected chi connectivity index (χ3v) is 2.41. The average Bonchev–Trinajstić information content (AvgIpc) is 2.76. The summed E-state index contributed by atoms with van der Waals surface area (Å²) in [5.41, 5.74) is 0. The van der Waals surface area contributed by atoms with Crippen molar-refractivity contribution in [3.8, 4) is 0 Å². The largest absolute Gasteiger partial charge is 0.382 e. The third kappa shape index (κ3) is 6.09. The second-order valence-corrected chi connectivity index (χ2v) is 4.53. The van der Waals surface area contributed by atoms with E-state index in [0.717, 1.165) is 25.5 Å². The first-order chi connectivity index (χ1) is 8.74. The Balaban J connectivity index is 2.22. The second kappa shape index (κ2) is 9.02. The molecule has 0 aromatic carbocycles. The lowest BCUT2D eigenvalue weighted by Gasteiger charge is -2.09. The molecule has 0 aliphatic rings. The van der Waals surface area contributed by atoms with Gasteiger partial charge in [-0.25, -0.2) is 9.67 Å². The second-order valence-electron chi connectivity index (χ2n) is 4.53. The van der Waals surface area contributed by atoms with Crippen LogP contribution in [0.15, 0.2) is 6.33 Å². The van der Waals surface area contributed by atoms with E-state index < -0.39 is 0 Å². The molecule has 6 heteroatoms. The summed E-state index contributed by atoms with van der Waals surface area (Å²) in [6.45, 7) is 8.69. The molecule has 0 spiro atoms. The number of hydrogen-bond donors (Lipinski definition) is 1. The summed E-state index contributed by atoms with van der Waals surface area (Å²) < 4.78 is 12.2. The molecule has 0 radical (unpaired) electrons. The van der Waals surface area contributed by atoms with Crippen LogP contribution < -0.4 is 5.32 Å². The lowest BCUT2D eigenvalue weighted by atomic mass is 10.2. The van der Waals surface area contributed by atoms with Crippen LogP contribution in [0.3, 0.4) is 0 Å². The number of methoxy groups -OCH3 is 1. The molecule has 0 fully saturated rings. The van der Waals surface area contributed by atoms with Crippen molar-refractivity contribution in [3.05, 3.63) is 12.2 Å². The quantitative estimate of drug-likeness (QED) is 0.624. The standard InChI is InChI=1S/C12H24N4O2/c1-11(2)8-13-9-12-14-10-15-16(12)4-5-18-7-6-17-3/h10-11,13H,4-9H2,1-3H3. The summed E-state index contributed by atoms with van der Waals surface area (Å²) in [6, 6.07) is 0. The first-order valence-corrected chi connectivity index (χ1v) is 6.38. The fraction of sp³-hybridized carbons (Fsp3) is 0.833. The zero-order valence-corrected chi connectivity index (χ0v) is 11.6. The van der Waals surface area contributed by atoms with Crippen LogP contribution in [-0.4, -0.2) is 48.2 Å². The Kier molecular flexibility index (Phi) is 7.55. The van der Waals surface area contributed by atoms with E-state index in [9.17, 15) is 0 Å². The van der Waals surface area contributed by atoms with E-state index in [0.29, 0.717) is 25.7 Å². The SMILES string of the molecule is COCCOCCn1ncnc1CNCC(C)C. The number of hydrogen-bond acceptors (Lipinski definition) is 5. The molecule has 1 rings (SSSR count). The van der Waals surface area contributed by atoms with Crippen LogP contribution in [0.25, 0.3) is 0 Å². The maximum absolute atomic E-state index is 5.41. The fourth-order valence-corrected chi connectivity index (χ4v) is 1.48. The van der Waals surface area contributed by atoms with Gasteiger partial charge in [0.1, 0.15) is 12.2 Å². The van der Waals surface area contributed by atoms with Crippen LogP contribution in [0.1, 0.15) is 19.7 Å². The molecule has 1 N–H and O–H groups in total. The maximum Gasteiger partial charge on any atom is 0.140 e. The smallest absolute Gasteiger partial charge is 0.140 e. The van der Waals surface area contributed by atoms with Gasteiger partial charge >= 0.3 is 0 Å². The van der Waals surface area contributed by atoms with Crippen LogP contribution in [0.4, 0.5) is 0 Å². The predicted molar refractivity (Wildman–Crippen MR) is 69.3 cm³/mol. The number of nitrogens with one attached hydrogen (secondary N) is 1. The topological polar surface area (TPSA) is 61.2 Å². The molecule has 0 saturated heterocycles. The van der Waals surface area contributed by atoms with Crippen molar-refractivity contribution in [1.29, 1.82) is 0 Å². The highest BCUT2D eigenvalue weighted by Gasteiger charge is 2.04. The van der Waals surface area contributed by atoms with Crippen molar-refractivity contribution in [2.75, 3.05) is 33.5 Å². The highest BCUT2D eigenvalue weighted by atomic mass is 16.5. The van der Waals surface area contributed by atoms with Gasteiger partial charge in [0.15, 0.2) is 0 Å². The van der Waals surface area contributed by atoms with Gasteiger partial charge in [0.2, 0.25) is 0 Å². The van der Waals surface area contributed by atoms with Crippen LogP contribution >= 0.6 is 0 Å². The van der Waals surface area contributed by atoms with Gasteiger partial charge in [0.05, 0.1) is 32.9 Å². The molecule has 18 heavy (non-hydrogen) atoms. The van der Waals surface area contributed by atoms with Gasteiger partial charge < -0.3 is 14.8 Å². The molecule has 0 amide bonds. The normalized spacial score (nSPS) is 11.3. The van der Waals surface area contributed by atoms with Gasteiger partial charge in [-0.15, -0.1) is 0 Å². The van der Waals surface area contributed by atoms with Gasteiger partial charge in [-0.1, -0.05) is 13.8 Å². The van der Waals surface area contributed by atoms with Crippen LogP contribution in [0.5, 0.6) is 0 Å². The Morgan fingerprint density at radius 2 is 2.17 bits per heavy atom. The lowest BCUT2D eigenvalue weighted by Crippen LogP contribution is -2.22. The van der Waals surface area contributed by atoms with Gasteiger partial charge in [-0.3, -0.25) is 0 Å². The van der Waals surface area contributed by atoms with Crippen molar-refractivity contribution in [2.24, 2.45) is 5.92 Å². The molecular formula is C12H24N4O2. The summed E-state index contributed by atoms with van der Waals surface area (Å²) in [4.78, 5) is 4.24. The Morgan fingerprint density at radius 1 is 1.33 bits per heavy atom. The minimum absolute atomic E-state index is 0.617. The fourth-order valence-electron chi connectivity index (χ4n) is 1.48. The Labute approximate surface area is 109 Å². The number of rotatable bonds is 10. The molecule has 0 aliphatic heterocycles. The summed E-state index contributed by atoms with van der Waals surface area (Å²) in [5.74, 6) is 1.59. The van der Waals surface area contributed by atoms with Gasteiger partial charge in [-0.2, -0.15) is 5.10 Å². The van der Waals surface area contributed by atoms with E-state index in [1.807, 2.05) is 4.68 Å². The minimum atomic E-state index is 0.617. The van der Waals surface area contributed by atoms with Crippen LogP contribution in [-0.2, 0) is 22.6 Å². The van der Waals surface area contributed by atoms with E-state index in [4.69, 9.17) is 9.47 Å². The van der Waals surface area contributed by atoms with Gasteiger partial charge in [0.25, 0.3) is 0 Å². The Bertz CT molecular complexity index is 315. The van der Waals surface area contributed by atoms with Crippen molar-refractivity contribution in [3.63, 3.8) is 0 Å². The summed E-state index contributed by atoms with van der Waals surface area (Å²) in [5, 5.41) is 7.54. The van der Waals surface area contributed by atoms with Crippen molar-refractivity contribution in [1.82, 2.24) is 20.1 Å². The highest BCUT2D eigenvalue weighted by molar-refractivity contribution is 4.83. The van der Waals surface area contributed by atoms with Crippen LogP contribution in [0.2, 0.25) is 0 Å². The highest BCUT2D eigenvalue weighted by Crippen LogP contribution is 1.95. The molecule has 0 aliphatic carbocycles. The van der Waals surface area contributed by atoms with E-state index in [1.165, 1.54) is 0 Å². The summed E-state index contributed by atoms with van der Waals surface area (Å²) in [6.07, 6.45) is 1.58. The lowest BCUT2D eigenvalue weighted by molar-refractivity contribution is 0.0650.